The number of benzene rings is 1. The number of anilines is 2. The van der Waals surface area contributed by atoms with Crippen molar-refractivity contribution in [2.24, 2.45) is 0 Å². The Bertz CT molecular complexity index is 1250. The van der Waals surface area contributed by atoms with Gasteiger partial charge in [-0.05, 0) is 42.5 Å². The van der Waals surface area contributed by atoms with Crippen molar-refractivity contribution in [3.8, 4) is 23.1 Å². The summed E-state index contributed by atoms with van der Waals surface area (Å²) in [5.74, 6) is 1.05. The van der Waals surface area contributed by atoms with Gasteiger partial charge >= 0.3 is 0 Å². The Morgan fingerprint density at radius 1 is 1.05 bits per heavy atom. The first-order valence-electron chi connectivity index (χ1n) is 12.6. The number of ether oxygens (including phenoxy) is 3. The molecular weight excluding hydrogens is 468 g/mol. The van der Waals surface area contributed by atoms with Crippen LogP contribution < -0.4 is 10.1 Å². The van der Waals surface area contributed by atoms with Crippen LogP contribution in [0.4, 0.5) is 11.6 Å². The topological polar surface area (TPSA) is 105 Å². The van der Waals surface area contributed by atoms with Gasteiger partial charge in [0.05, 0.1) is 55.3 Å². The predicted molar refractivity (Wildman–Crippen MR) is 140 cm³/mol. The van der Waals surface area contributed by atoms with Crippen molar-refractivity contribution in [3.05, 3.63) is 66.1 Å². The minimum atomic E-state index is 0.0711. The van der Waals surface area contributed by atoms with Gasteiger partial charge in [-0.25, -0.2) is 9.97 Å². The molecule has 1 N–H and O–H groups in total. The molecule has 2 saturated heterocycles. The van der Waals surface area contributed by atoms with Crippen LogP contribution in [0.2, 0.25) is 0 Å². The van der Waals surface area contributed by atoms with Crippen molar-refractivity contribution in [3.63, 3.8) is 0 Å². The van der Waals surface area contributed by atoms with E-state index in [9.17, 15) is 5.26 Å². The van der Waals surface area contributed by atoms with Gasteiger partial charge in [0.15, 0.2) is 0 Å². The Kier molecular flexibility index (Phi) is 8.33. The molecule has 0 atom stereocenters. The summed E-state index contributed by atoms with van der Waals surface area (Å²) in [5, 5.41) is 12.9. The number of nitrogens with one attached hydrogen (secondary N) is 1. The van der Waals surface area contributed by atoms with E-state index in [-0.39, 0.29) is 6.10 Å². The monoisotopic (exact) mass is 498 g/mol. The highest BCUT2D eigenvalue weighted by Gasteiger charge is 2.17. The summed E-state index contributed by atoms with van der Waals surface area (Å²) in [6.07, 6.45) is 9.34. The summed E-state index contributed by atoms with van der Waals surface area (Å²) in [4.78, 5) is 15.8. The Balaban J connectivity index is 1.22. The average molecular weight is 499 g/mol. The molecular formula is C28H30N6O3. The van der Waals surface area contributed by atoms with Gasteiger partial charge < -0.3 is 19.5 Å². The normalized spacial score (nSPS) is 16.9. The molecule has 2 aromatic heterocycles. The summed E-state index contributed by atoms with van der Waals surface area (Å²) in [7, 11) is 0. The number of pyridine rings is 1. The van der Waals surface area contributed by atoms with Crippen LogP contribution in [-0.2, 0) is 9.47 Å². The van der Waals surface area contributed by atoms with Gasteiger partial charge in [-0.1, -0.05) is 6.08 Å². The molecule has 0 unspecified atom stereocenters. The molecule has 0 amide bonds. The van der Waals surface area contributed by atoms with Crippen LogP contribution in [-0.4, -0.2) is 72.0 Å². The third kappa shape index (κ3) is 6.89. The molecule has 2 fully saturated rings. The van der Waals surface area contributed by atoms with Crippen molar-refractivity contribution in [1.29, 1.82) is 5.26 Å². The number of morpholine rings is 1. The summed E-state index contributed by atoms with van der Waals surface area (Å²) in [5.41, 5.74) is 3.70. The van der Waals surface area contributed by atoms with Crippen LogP contribution in [0.5, 0.6) is 5.75 Å². The quantitative estimate of drug-likeness (QED) is 0.492. The second kappa shape index (κ2) is 12.4. The van der Waals surface area contributed by atoms with Crippen LogP contribution >= 0.6 is 0 Å². The van der Waals surface area contributed by atoms with Crippen LogP contribution in [0.25, 0.3) is 17.3 Å². The maximum Gasteiger partial charge on any atom is 0.227 e. The molecule has 2 aliphatic heterocycles. The largest absolute Gasteiger partial charge is 0.489 e. The molecule has 0 radical (unpaired) electrons. The number of hydrogen-bond acceptors (Lipinski definition) is 9. The highest BCUT2D eigenvalue weighted by atomic mass is 16.5. The molecule has 2 aliphatic rings. The van der Waals surface area contributed by atoms with Gasteiger partial charge in [-0.3, -0.25) is 9.88 Å². The maximum atomic E-state index is 9.69. The number of nitrogens with zero attached hydrogens (tertiary/aromatic N) is 5. The van der Waals surface area contributed by atoms with Gasteiger partial charge in [-0.15, -0.1) is 0 Å². The fourth-order valence-electron chi connectivity index (χ4n) is 4.25. The third-order valence-electron chi connectivity index (χ3n) is 6.31. The van der Waals surface area contributed by atoms with E-state index < -0.39 is 0 Å². The first-order valence-corrected chi connectivity index (χ1v) is 12.6. The molecule has 0 saturated carbocycles. The molecule has 1 aromatic carbocycles. The van der Waals surface area contributed by atoms with E-state index in [4.69, 9.17) is 14.2 Å². The van der Waals surface area contributed by atoms with E-state index in [0.717, 1.165) is 62.6 Å². The molecule has 3 aromatic rings. The molecule has 0 spiro atoms. The fourth-order valence-corrected chi connectivity index (χ4v) is 4.25. The third-order valence-corrected chi connectivity index (χ3v) is 6.31. The molecule has 0 aliphatic carbocycles. The van der Waals surface area contributed by atoms with E-state index in [2.05, 4.69) is 37.3 Å². The maximum absolute atomic E-state index is 9.69. The second-order valence-electron chi connectivity index (χ2n) is 8.93. The molecule has 5 rings (SSSR count). The van der Waals surface area contributed by atoms with Crippen molar-refractivity contribution in [2.45, 2.75) is 18.9 Å². The lowest BCUT2D eigenvalue weighted by atomic mass is 10.1. The summed E-state index contributed by atoms with van der Waals surface area (Å²) in [6, 6.07) is 13.5. The number of aromatic nitrogens is 3. The predicted octanol–water partition coefficient (Wildman–Crippen LogP) is 4.06. The molecule has 37 heavy (non-hydrogen) atoms. The van der Waals surface area contributed by atoms with Crippen molar-refractivity contribution in [1.82, 2.24) is 19.9 Å². The number of hydrogen-bond donors (Lipinski definition) is 1. The Hall–Kier alpha value is -3.84. The standard InChI is InChI=1S/C28H30N6O3/c29-19-22-18-21(3-6-27(22)37-25-8-14-35-15-9-25)26-7-10-30-28(33-26)32-24-5-4-23(31-20-24)2-1-11-34-12-16-36-17-13-34/h1-7,10,18,20,25H,8-9,11-17H2,(H,30,32,33)/b2-1+. The minimum absolute atomic E-state index is 0.0711. The SMILES string of the molecule is N#Cc1cc(-c2ccnc(Nc3ccc(/C=C/CN4CCOCC4)nc3)n2)ccc1OC1CCOCC1. The van der Waals surface area contributed by atoms with Crippen LogP contribution in [0.3, 0.4) is 0 Å². The second-order valence-corrected chi connectivity index (χ2v) is 8.93. The van der Waals surface area contributed by atoms with Crippen LogP contribution in [0, 0.1) is 11.3 Å². The first-order chi connectivity index (χ1) is 18.3. The molecule has 0 bridgehead atoms. The smallest absolute Gasteiger partial charge is 0.227 e. The average Bonchev–Trinajstić information content (AvgIpc) is 2.95. The molecule has 9 nitrogen and oxygen atoms in total. The lowest BCUT2D eigenvalue weighted by Gasteiger charge is -2.25. The van der Waals surface area contributed by atoms with Crippen molar-refractivity contribution < 1.29 is 14.2 Å². The summed E-state index contributed by atoms with van der Waals surface area (Å²) < 4.78 is 16.8. The fraction of sp³-hybridized carbons (Fsp3) is 0.357. The Labute approximate surface area is 216 Å². The van der Waals surface area contributed by atoms with Gasteiger partial charge in [0.25, 0.3) is 0 Å². The van der Waals surface area contributed by atoms with Crippen molar-refractivity contribution in [2.75, 3.05) is 51.4 Å². The zero-order chi connectivity index (χ0) is 25.3. The molecule has 190 valence electrons. The number of rotatable bonds is 8. The Morgan fingerprint density at radius 2 is 1.89 bits per heavy atom. The van der Waals surface area contributed by atoms with Crippen molar-refractivity contribution >= 4 is 17.7 Å². The van der Waals surface area contributed by atoms with Gasteiger partial charge in [0.2, 0.25) is 5.95 Å². The van der Waals surface area contributed by atoms with E-state index in [1.165, 1.54) is 0 Å². The lowest BCUT2D eigenvalue weighted by Crippen LogP contribution is -2.36. The molecule has 4 heterocycles. The summed E-state index contributed by atoms with van der Waals surface area (Å²) in [6.45, 7) is 5.78. The van der Waals surface area contributed by atoms with Gasteiger partial charge in [-0.2, -0.15) is 5.26 Å². The van der Waals surface area contributed by atoms with Crippen LogP contribution in [0.1, 0.15) is 24.1 Å². The highest BCUT2D eigenvalue weighted by molar-refractivity contribution is 5.66. The number of nitriles is 1. The van der Waals surface area contributed by atoms with E-state index >= 15 is 0 Å². The van der Waals surface area contributed by atoms with E-state index in [1.807, 2.05) is 36.4 Å². The van der Waals surface area contributed by atoms with Crippen LogP contribution in [0.15, 0.2) is 54.9 Å². The molecule has 9 heteroatoms. The van der Waals surface area contributed by atoms with E-state index in [0.29, 0.717) is 36.2 Å². The minimum Gasteiger partial charge on any atom is -0.489 e. The highest BCUT2D eigenvalue weighted by Crippen LogP contribution is 2.28. The summed E-state index contributed by atoms with van der Waals surface area (Å²) >= 11 is 0. The van der Waals surface area contributed by atoms with Gasteiger partial charge in [0, 0.05) is 44.2 Å². The zero-order valence-corrected chi connectivity index (χ0v) is 20.7. The lowest BCUT2D eigenvalue weighted by molar-refractivity contribution is 0.0254. The Morgan fingerprint density at radius 3 is 2.68 bits per heavy atom. The van der Waals surface area contributed by atoms with E-state index in [1.54, 1.807) is 18.5 Å². The zero-order valence-electron chi connectivity index (χ0n) is 20.7. The first kappa shape index (κ1) is 24.8. The van der Waals surface area contributed by atoms with Gasteiger partial charge in [0.1, 0.15) is 17.9 Å².